The van der Waals surface area contributed by atoms with Crippen molar-refractivity contribution in [1.82, 2.24) is 0 Å². The zero-order valence-corrected chi connectivity index (χ0v) is 12.4. The summed E-state index contributed by atoms with van der Waals surface area (Å²) in [5.74, 6) is -0.0200. The number of carbonyl (C=O) groups is 1. The van der Waals surface area contributed by atoms with Crippen LogP contribution in [0, 0.1) is 12.7 Å². The molecule has 3 rings (SSSR count). The van der Waals surface area contributed by atoms with Gasteiger partial charge < -0.3 is 10.6 Å². The molecule has 0 saturated carbocycles. The molecule has 1 heterocycles. The van der Waals surface area contributed by atoms with Gasteiger partial charge in [0.05, 0.1) is 11.3 Å². The van der Waals surface area contributed by atoms with Crippen molar-refractivity contribution in [1.29, 1.82) is 0 Å². The van der Waals surface area contributed by atoms with Gasteiger partial charge in [-0.15, -0.1) is 11.8 Å². The van der Waals surface area contributed by atoms with Crippen molar-refractivity contribution in [3.63, 3.8) is 0 Å². The third kappa shape index (κ3) is 2.61. The fraction of sp³-hybridized carbons (Fsp3) is 0.188. The summed E-state index contributed by atoms with van der Waals surface area (Å²) in [6.07, 6.45) is 0. The Labute approximate surface area is 126 Å². The van der Waals surface area contributed by atoms with Crippen LogP contribution in [0.4, 0.5) is 15.8 Å². The predicted octanol–water partition coefficient (Wildman–Crippen LogP) is 3.47. The molecule has 108 valence electrons. The first-order valence-corrected chi connectivity index (χ1v) is 7.65. The Hall–Kier alpha value is -2.01. The fourth-order valence-electron chi connectivity index (χ4n) is 2.39. The Bertz CT molecular complexity index is 717. The van der Waals surface area contributed by atoms with E-state index in [2.05, 4.69) is 0 Å². The average molecular weight is 302 g/mol. The lowest BCUT2D eigenvalue weighted by atomic mass is 10.1. The number of nitrogens with two attached hydrogens (primary N) is 1. The Morgan fingerprint density at radius 3 is 2.90 bits per heavy atom. The van der Waals surface area contributed by atoms with Crippen LogP contribution >= 0.6 is 11.8 Å². The number of nitrogen functional groups attached to an aromatic ring is 1. The molecule has 2 N–H and O–H groups in total. The molecular weight excluding hydrogens is 287 g/mol. The zero-order chi connectivity index (χ0) is 15.0. The molecule has 0 fully saturated rings. The number of hydrogen-bond donors (Lipinski definition) is 1. The van der Waals surface area contributed by atoms with Crippen LogP contribution in [0.15, 0.2) is 41.3 Å². The third-order valence-electron chi connectivity index (χ3n) is 3.44. The van der Waals surface area contributed by atoms with E-state index in [1.165, 1.54) is 6.07 Å². The molecule has 0 unspecified atom stereocenters. The Morgan fingerprint density at radius 2 is 2.10 bits per heavy atom. The minimum Gasteiger partial charge on any atom is -0.399 e. The van der Waals surface area contributed by atoms with Crippen LogP contribution in [0.25, 0.3) is 0 Å². The highest BCUT2D eigenvalue weighted by atomic mass is 32.2. The van der Waals surface area contributed by atoms with Gasteiger partial charge in [0.15, 0.2) is 0 Å². The van der Waals surface area contributed by atoms with Gasteiger partial charge in [-0.05, 0) is 37.3 Å². The molecule has 0 aromatic heterocycles. The van der Waals surface area contributed by atoms with Crippen LogP contribution in [0.2, 0.25) is 0 Å². The van der Waals surface area contributed by atoms with Crippen molar-refractivity contribution >= 4 is 29.0 Å². The largest absolute Gasteiger partial charge is 0.399 e. The van der Waals surface area contributed by atoms with Gasteiger partial charge in [0.2, 0.25) is 0 Å². The van der Waals surface area contributed by atoms with Gasteiger partial charge >= 0.3 is 0 Å². The number of hydrogen-bond acceptors (Lipinski definition) is 3. The molecule has 1 amide bonds. The highest BCUT2D eigenvalue weighted by Crippen LogP contribution is 2.37. The predicted molar refractivity (Wildman–Crippen MR) is 84.4 cm³/mol. The van der Waals surface area contributed by atoms with Gasteiger partial charge in [0.1, 0.15) is 5.82 Å². The summed E-state index contributed by atoms with van der Waals surface area (Å²) < 4.78 is 14.0. The molecule has 0 spiro atoms. The van der Waals surface area contributed by atoms with Crippen LogP contribution in [-0.2, 0) is 0 Å². The molecule has 2 aromatic rings. The summed E-state index contributed by atoms with van der Waals surface area (Å²) in [5, 5.41) is 0. The first-order valence-electron chi connectivity index (χ1n) is 6.66. The van der Waals surface area contributed by atoms with E-state index in [1.54, 1.807) is 34.9 Å². The molecule has 21 heavy (non-hydrogen) atoms. The molecule has 5 heteroatoms. The first-order chi connectivity index (χ1) is 10.1. The second-order valence-electron chi connectivity index (χ2n) is 5.02. The number of halogens is 1. The minimum absolute atomic E-state index is 0.107. The SMILES string of the molecule is Cc1ccc(F)c(C(=O)N2CCSc3ccc(N)cc32)c1. The summed E-state index contributed by atoms with van der Waals surface area (Å²) in [4.78, 5) is 15.3. The first kappa shape index (κ1) is 13.9. The number of rotatable bonds is 1. The Balaban J connectivity index is 2.04. The monoisotopic (exact) mass is 302 g/mol. The maximum atomic E-state index is 14.0. The summed E-state index contributed by atoms with van der Waals surface area (Å²) in [5.41, 5.74) is 8.14. The topological polar surface area (TPSA) is 46.3 Å². The number of fused-ring (bicyclic) bond motifs is 1. The highest BCUT2D eigenvalue weighted by Gasteiger charge is 2.26. The number of anilines is 2. The molecule has 0 aliphatic carbocycles. The maximum absolute atomic E-state index is 14.0. The molecule has 0 bridgehead atoms. The van der Waals surface area contributed by atoms with Crippen LogP contribution in [0.3, 0.4) is 0 Å². The maximum Gasteiger partial charge on any atom is 0.261 e. The van der Waals surface area contributed by atoms with Gasteiger partial charge in [-0.2, -0.15) is 0 Å². The van der Waals surface area contributed by atoms with E-state index in [1.807, 2.05) is 19.1 Å². The summed E-state index contributed by atoms with van der Waals surface area (Å²) in [6, 6.07) is 10.1. The van der Waals surface area contributed by atoms with E-state index in [0.717, 1.165) is 21.9 Å². The van der Waals surface area contributed by atoms with Crippen LogP contribution in [-0.4, -0.2) is 18.2 Å². The highest BCUT2D eigenvalue weighted by molar-refractivity contribution is 7.99. The van der Waals surface area contributed by atoms with E-state index in [4.69, 9.17) is 5.73 Å². The van der Waals surface area contributed by atoms with Gasteiger partial charge in [-0.1, -0.05) is 11.6 Å². The summed E-state index contributed by atoms with van der Waals surface area (Å²) in [6.45, 7) is 2.39. The lowest BCUT2D eigenvalue weighted by Gasteiger charge is -2.29. The van der Waals surface area contributed by atoms with E-state index >= 15 is 0 Å². The van der Waals surface area contributed by atoms with Crippen molar-refractivity contribution in [3.8, 4) is 0 Å². The number of benzene rings is 2. The minimum atomic E-state index is -0.491. The van der Waals surface area contributed by atoms with Crippen molar-refractivity contribution in [2.75, 3.05) is 22.9 Å². The number of thioether (sulfide) groups is 1. The number of nitrogens with zero attached hydrogens (tertiary/aromatic N) is 1. The Kier molecular flexibility index (Phi) is 3.59. The van der Waals surface area contributed by atoms with Gasteiger partial charge in [-0.25, -0.2) is 4.39 Å². The molecule has 0 radical (unpaired) electrons. The van der Waals surface area contributed by atoms with Gasteiger partial charge in [-0.3, -0.25) is 4.79 Å². The quantitative estimate of drug-likeness (QED) is 0.821. The fourth-order valence-corrected chi connectivity index (χ4v) is 3.37. The molecule has 3 nitrogen and oxygen atoms in total. The molecule has 0 atom stereocenters. The molecule has 1 aliphatic rings. The van der Waals surface area contributed by atoms with Crippen LogP contribution < -0.4 is 10.6 Å². The number of aryl methyl sites for hydroxylation is 1. The van der Waals surface area contributed by atoms with E-state index in [0.29, 0.717) is 12.2 Å². The Morgan fingerprint density at radius 1 is 1.29 bits per heavy atom. The van der Waals surface area contributed by atoms with Gasteiger partial charge in [0.25, 0.3) is 5.91 Å². The van der Waals surface area contributed by atoms with Crippen LogP contribution in [0.1, 0.15) is 15.9 Å². The van der Waals surface area contributed by atoms with E-state index in [-0.39, 0.29) is 11.5 Å². The summed E-state index contributed by atoms with van der Waals surface area (Å²) >= 11 is 1.68. The normalized spacial score (nSPS) is 13.9. The number of amides is 1. The standard InChI is InChI=1S/C16H15FN2OS/c1-10-2-4-13(17)12(8-10)16(20)19-6-7-21-15-5-3-11(18)9-14(15)19/h2-5,8-9H,6-7,18H2,1H3. The summed E-state index contributed by atoms with van der Waals surface area (Å²) in [7, 11) is 0. The lowest BCUT2D eigenvalue weighted by molar-refractivity contribution is 0.0984. The lowest BCUT2D eigenvalue weighted by Crippen LogP contribution is -2.36. The van der Waals surface area contributed by atoms with Crippen molar-refractivity contribution < 1.29 is 9.18 Å². The number of carbonyl (C=O) groups excluding carboxylic acids is 1. The van der Waals surface area contributed by atoms with Crippen molar-refractivity contribution in [3.05, 3.63) is 53.3 Å². The van der Waals surface area contributed by atoms with Crippen LogP contribution in [0.5, 0.6) is 0 Å². The molecule has 2 aromatic carbocycles. The molecule has 1 aliphatic heterocycles. The average Bonchev–Trinajstić information content (AvgIpc) is 2.48. The van der Waals surface area contributed by atoms with Crippen molar-refractivity contribution in [2.24, 2.45) is 0 Å². The molecular formula is C16H15FN2OS. The van der Waals surface area contributed by atoms with Crippen molar-refractivity contribution in [2.45, 2.75) is 11.8 Å². The second-order valence-corrected chi connectivity index (χ2v) is 6.15. The third-order valence-corrected chi connectivity index (χ3v) is 4.49. The smallest absolute Gasteiger partial charge is 0.261 e. The van der Waals surface area contributed by atoms with Gasteiger partial charge in [0, 0.05) is 22.9 Å². The molecule has 0 saturated heterocycles. The zero-order valence-electron chi connectivity index (χ0n) is 11.6. The van der Waals surface area contributed by atoms with E-state index < -0.39 is 5.82 Å². The van der Waals surface area contributed by atoms with E-state index in [9.17, 15) is 9.18 Å². The second kappa shape index (κ2) is 5.41.